The van der Waals surface area contributed by atoms with Crippen molar-refractivity contribution in [2.75, 3.05) is 17.2 Å². The van der Waals surface area contributed by atoms with Crippen molar-refractivity contribution < 1.29 is 53.4 Å². The minimum absolute atomic E-state index is 0.104. The zero-order valence-electron chi connectivity index (χ0n) is 28.0. The van der Waals surface area contributed by atoms with Crippen molar-refractivity contribution >= 4 is 59.1 Å². The molecular formula is C35H37N2O11S3+. The molecule has 0 radical (unpaired) electrons. The van der Waals surface area contributed by atoms with E-state index in [0.717, 1.165) is 11.3 Å². The molecule has 16 heteroatoms. The lowest BCUT2D eigenvalue weighted by molar-refractivity contribution is -0.437. The highest BCUT2D eigenvalue weighted by Crippen LogP contribution is 2.52. The zero-order chi connectivity index (χ0) is 37.7. The number of carboxylic acids is 1. The maximum Gasteiger partial charge on any atom is 0.335 e. The van der Waals surface area contributed by atoms with E-state index in [-0.39, 0.29) is 28.3 Å². The first kappa shape index (κ1) is 37.8. The second-order valence-corrected chi connectivity index (χ2v) is 17.6. The first-order valence-electron chi connectivity index (χ1n) is 15.6. The summed E-state index contributed by atoms with van der Waals surface area (Å²) in [6.07, 6.45) is 8.90. The number of aromatic carboxylic acids is 1. The largest absolute Gasteiger partial charge is 0.478 e. The molecule has 270 valence electrons. The van der Waals surface area contributed by atoms with E-state index in [0.29, 0.717) is 28.3 Å². The van der Waals surface area contributed by atoms with Crippen LogP contribution in [0.3, 0.4) is 0 Å². The van der Waals surface area contributed by atoms with E-state index < -0.39 is 52.9 Å². The van der Waals surface area contributed by atoms with Crippen LogP contribution in [0.4, 0.5) is 17.1 Å². The SMILES string of the molecule is CC1(C)C(/C=C/C=C/C=C2/N(c3cccc(S(=O)(=O)O)c3)c3ccc(S(=O)(=O)O)cc3C2(C)C)=[N+](CCCS(=O)(=O)O)c2ccc(C(=O)O)cc21. The molecule has 3 aromatic rings. The van der Waals surface area contributed by atoms with Crippen LogP contribution < -0.4 is 4.90 Å². The molecule has 51 heavy (non-hydrogen) atoms. The lowest BCUT2D eigenvalue weighted by atomic mass is 9.81. The highest BCUT2D eigenvalue weighted by molar-refractivity contribution is 7.86. The summed E-state index contributed by atoms with van der Waals surface area (Å²) in [4.78, 5) is 12.8. The minimum atomic E-state index is -4.55. The van der Waals surface area contributed by atoms with Gasteiger partial charge in [-0.25, -0.2) is 4.79 Å². The Balaban J connectivity index is 1.57. The molecular weight excluding hydrogens is 721 g/mol. The van der Waals surface area contributed by atoms with Gasteiger partial charge in [-0.05, 0) is 74.0 Å². The maximum absolute atomic E-state index is 12.0. The first-order valence-corrected chi connectivity index (χ1v) is 20.1. The Kier molecular flexibility index (Phi) is 9.83. The van der Waals surface area contributed by atoms with Crippen LogP contribution >= 0.6 is 0 Å². The average molecular weight is 758 g/mol. The molecule has 2 heterocycles. The average Bonchev–Trinajstić information content (AvgIpc) is 3.37. The third-order valence-corrected chi connectivity index (χ3v) is 11.6. The third kappa shape index (κ3) is 7.61. The van der Waals surface area contributed by atoms with Crippen LogP contribution in [-0.4, -0.2) is 72.6 Å². The van der Waals surface area contributed by atoms with E-state index in [2.05, 4.69) is 0 Å². The molecule has 0 aliphatic carbocycles. The number of rotatable bonds is 11. The molecule has 4 N–H and O–H groups in total. The van der Waals surface area contributed by atoms with Crippen molar-refractivity contribution in [1.82, 2.24) is 0 Å². The van der Waals surface area contributed by atoms with Gasteiger partial charge in [0, 0.05) is 40.9 Å². The number of benzene rings is 3. The number of hydrogen-bond donors (Lipinski definition) is 4. The van der Waals surface area contributed by atoms with Crippen molar-refractivity contribution in [3.63, 3.8) is 0 Å². The molecule has 5 rings (SSSR count). The molecule has 0 amide bonds. The van der Waals surface area contributed by atoms with Crippen molar-refractivity contribution in [2.24, 2.45) is 0 Å². The summed E-state index contributed by atoms with van der Waals surface area (Å²) in [7, 11) is -13.3. The molecule has 0 fully saturated rings. The van der Waals surface area contributed by atoms with E-state index in [4.69, 9.17) is 0 Å². The molecule has 0 aromatic heterocycles. The highest BCUT2D eigenvalue weighted by atomic mass is 32.2. The Morgan fingerprint density at radius 3 is 2.08 bits per heavy atom. The minimum Gasteiger partial charge on any atom is -0.478 e. The molecule has 0 saturated carbocycles. The van der Waals surface area contributed by atoms with Crippen LogP contribution in [0.1, 0.15) is 55.6 Å². The second kappa shape index (κ2) is 13.3. The quantitative estimate of drug-likeness (QED) is 0.106. The van der Waals surface area contributed by atoms with Crippen LogP contribution in [-0.2, 0) is 41.2 Å². The van der Waals surface area contributed by atoms with Gasteiger partial charge in [0.2, 0.25) is 5.69 Å². The van der Waals surface area contributed by atoms with Gasteiger partial charge in [0.05, 0.1) is 32.2 Å². The number of anilines is 2. The number of nitrogens with zero attached hydrogens (tertiary/aromatic N) is 2. The van der Waals surface area contributed by atoms with Gasteiger partial charge < -0.3 is 10.0 Å². The summed E-state index contributed by atoms with van der Waals surface area (Å²) in [5, 5.41) is 9.60. The van der Waals surface area contributed by atoms with E-state index in [1.54, 1.807) is 47.4 Å². The van der Waals surface area contributed by atoms with Crippen LogP contribution in [0.15, 0.2) is 107 Å². The van der Waals surface area contributed by atoms with E-state index in [9.17, 15) is 48.8 Å². The lowest BCUT2D eigenvalue weighted by Gasteiger charge is -2.27. The van der Waals surface area contributed by atoms with Crippen LogP contribution in [0.25, 0.3) is 0 Å². The van der Waals surface area contributed by atoms with Gasteiger partial charge >= 0.3 is 5.97 Å². The second-order valence-electron chi connectivity index (χ2n) is 13.2. The smallest absolute Gasteiger partial charge is 0.335 e. The van der Waals surface area contributed by atoms with Gasteiger partial charge in [-0.1, -0.05) is 38.1 Å². The summed E-state index contributed by atoms with van der Waals surface area (Å²) < 4.78 is 102. The number of carbonyl (C=O) groups is 1. The molecule has 0 bridgehead atoms. The molecule has 0 atom stereocenters. The van der Waals surface area contributed by atoms with Crippen LogP contribution in [0, 0.1) is 0 Å². The predicted octanol–water partition coefficient (Wildman–Crippen LogP) is 5.66. The topological polar surface area (TPSA) is 207 Å². The van der Waals surface area contributed by atoms with E-state index in [1.165, 1.54) is 42.5 Å². The predicted molar refractivity (Wildman–Crippen MR) is 191 cm³/mol. The number of fused-ring (bicyclic) bond motifs is 2. The Labute approximate surface area is 296 Å². The summed E-state index contributed by atoms with van der Waals surface area (Å²) in [6, 6.07) is 14.5. The molecule has 2 aliphatic heterocycles. The summed E-state index contributed by atoms with van der Waals surface area (Å²) >= 11 is 0. The van der Waals surface area contributed by atoms with Crippen molar-refractivity contribution in [3.8, 4) is 0 Å². The third-order valence-electron chi connectivity index (χ3n) is 9.09. The summed E-state index contributed by atoms with van der Waals surface area (Å²) in [6.45, 7) is 7.75. The molecule has 3 aromatic carbocycles. The normalized spacial score (nSPS) is 17.9. The number of carboxylic acid groups (broad SMARTS) is 1. The van der Waals surface area contributed by atoms with Crippen molar-refractivity contribution in [1.29, 1.82) is 0 Å². The van der Waals surface area contributed by atoms with Gasteiger partial charge in [-0.15, -0.1) is 0 Å². The fourth-order valence-corrected chi connectivity index (χ4v) is 8.10. The van der Waals surface area contributed by atoms with Gasteiger partial charge in [0.15, 0.2) is 5.71 Å². The van der Waals surface area contributed by atoms with Crippen LogP contribution in [0.2, 0.25) is 0 Å². The Morgan fingerprint density at radius 1 is 0.784 bits per heavy atom. The molecule has 0 unspecified atom stereocenters. The lowest BCUT2D eigenvalue weighted by Crippen LogP contribution is -2.28. The van der Waals surface area contributed by atoms with Gasteiger partial charge in [-0.3, -0.25) is 13.7 Å². The fraction of sp³-hybridized carbons (Fsp3) is 0.257. The number of allylic oxidation sites excluding steroid dienone is 6. The number of hydrogen-bond acceptors (Lipinski definition) is 8. The Hall–Kier alpha value is -4.45. The summed E-state index contributed by atoms with van der Waals surface area (Å²) in [5.74, 6) is -1.54. The maximum atomic E-state index is 12.0. The van der Waals surface area contributed by atoms with Crippen LogP contribution in [0.5, 0.6) is 0 Å². The fourth-order valence-electron chi connectivity index (χ4n) is 6.57. The molecule has 0 spiro atoms. The molecule has 0 saturated heterocycles. The van der Waals surface area contributed by atoms with Gasteiger partial charge in [0.1, 0.15) is 6.54 Å². The van der Waals surface area contributed by atoms with E-state index >= 15 is 0 Å². The highest BCUT2D eigenvalue weighted by Gasteiger charge is 2.45. The Morgan fingerprint density at radius 2 is 1.45 bits per heavy atom. The van der Waals surface area contributed by atoms with E-state index in [1.807, 2.05) is 38.3 Å². The monoisotopic (exact) mass is 757 g/mol. The molecule has 2 aliphatic rings. The Bertz CT molecular complexity index is 2410. The zero-order valence-corrected chi connectivity index (χ0v) is 30.5. The summed E-state index contributed by atoms with van der Waals surface area (Å²) in [5.41, 5.74) is 2.79. The first-order chi connectivity index (χ1) is 23.5. The van der Waals surface area contributed by atoms with Gasteiger partial charge in [0.25, 0.3) is 30.4 Å². The molecule has 13 nitrogen and oxygen atoms in total. The standard InChI is InChI=1S/C35H36N2O11S3/c1-34(2)27-20-23(33(38)39)14-16-29(27)36(18-9-19-49(40,41)42)31(34)12-6-5-7-13-32-35(3,4)28-22-26(51(46,47)48)15-17-30(28)37(32)24-10-8-11-25(21-24)50(43,44)45/h5-8,10-17,20-22H,9,18-19H2,1-4H3,(H3-,38,39,40,41,42,43,44,45,46,47,48)/p+1. The van der Waals surface area contributed by atoms with Gasteiger partial charge in [-0.2, -0.15) is 29.8 Å². The van der Waals surface area contributed by atoms with Crippen molar-refractivity contribution in [2.45, 2.75) is 54.7 Å². The van der Waals surface area contributed by atoms with Crippen molar-refractivity contribution in [3.05, 3.63) is 113 Å².